The van der Waals surface area contributed by atoms with E-state index in [0.29, 0.717) is 17.3 Å². The average Bonchev–Trinajstić information content (AvgIpc) is 2.40. The molecule has 0 radical (unpaired) electrons. The van der Waals surface area contributed by atoms with Crippen LogP contribution in [0.1, 0.15) is 49.9 Å². The van der Waals surface area contributed by atoms with Crippen LogP contribution in [0, 0.1) is 11.2 Å². The smallest absolute Gasteiger partial charge is 0.254 e. The van der Waals surface area contributed by atoms with Gasteiger partial charge in [0.2, 0.25) is 0 Å². The molecule has 1 aliphatic rings. The van der Waals surface area contributed by atoms with E-state index in [2.05, 4.69) is 35.1 Å². The Morgan fingerprint density at radius 2 is 1.95 bits per heavy atom. The number of carbonyl (C=O) groups excluding carboxylic acids is 1. The maximum Gasteiger partial charge on any atom is 0.254 e. The van der Waals surface area contributed by atoms with Gasteiger partial charge in [-0.05, 0) is 49.3 Å². The minimum absolute atomic E-state index is 0.00191. The zero-order valence-electron chi connectivity index (χ0n) is 12.4. The van der Waals surface area contributed by atoms with Crippen LogP contribution >= 0.6 is 15.9 Å². The third-order valence-electron chi connectivity index (χ3n) is 4.29. The van der Waals surface area contributed by atoms with Gasteiger partial charge >= 0.3 is 0 Å². The van der Waals surface area contributed by atoms with Crippen molar-refractivity contribution in [1.82, 2.24) is 5.32 Å². The Bertz CT molecular complexity index is 535. The SMILES string of the molecule is CC1(C)CCC(O)(CNC(=O)c2ccc(Br)cc2F)CC1. The molecule has 0 atom stereocenters. The Labute approximate surface area is 133 Å². The van der Waals surface area contributed by atoms with Crippen molar-refractivity contribution >= 4 is 21.8 Å². The molecule has 3 nitrogen and oxygen atoms in total. The molecule has 0 unspecified atom stereocenters. The van der Waals surface area contributed by atoms with Crippen LogP contribution in [-0.2, 0) is 0 Å². The molecule has 0 spiro atoms. The highest BCUT2D eigenvalue weighted by molar-refractivity contribution is 9.10. The van der Waals surface area contributed by atoms with Gasteiger partial charge in [-0.3, -0.25) is 4.79 Å². The summed E-state index contributed by atoms with van der Waals surface area (Å²) >= 11 is 3.15. The summed E-state index contributed by atoms with van der Waals surface area (Å²) in [5, 5.41) is 13.1. The molecule has 0 saturated heterocycles. The Kier molecular flexibility index (Phi) is 4.73. The van der Waals surface area contributed by atoms with E-state index >= 15 is 0 Å². The first kappa shape index (κ1) is 16.4. The third kappa shape index (κ3) is 4.27. The van der Waals surface area contributed by atoms with Crippen molar-refractivity contribution in [1.29, 1.82) is 0 Å². The second-order valence-electron chi connectivity index (χ2n) is 6.70. The number of amides is 1. The molecule has 1 amide bonds. The highest BCUT2D eigenvalue weighted by Gasteiger charge is 2.36. The molecule has 1 aliphatic carbocycles. The van der Waals surface area contributed by atoms with Crippen LogP contribution in [0.2, 0.25) is 0 Å². The van der Waals surface area contributed by atoms with E-state index in [1.807, 2.05) is 0 Å². The summed E-state index contributed by atoms with van der Waals surface area (Å²) in [6.45, 7) is 4.53. The molecule has 5 heteroatoms. The van der Waals surface area contributed by atoms with Crippen molar-refractivity contribution in [3.05, 3.63) is 34.1 Å². The van der Waals surface area contributed by atoms with Gasteiger partial charge in [-0.15, -0.1) is 0 Å². The number of carbonyl (C=O) groups is 1. The second-order valence-corrected chi connectivity index (χ2v) is 7.61. The van der Waals surface area contributed by atoms with Crippen LogP contribution in [0.5, 0.6) is 0 Å². The first-order valence-electron chi connectivity index (χ1n) is 7.17. The monoisotopic (exact) mass is 357 g/mol. The minimum Gasteiger partial charge on any atom is -0.388 e. The maximum atomic E-state index is 13.7. The standard InChI is InChI=1S/C16H21BrFNO2/c1-15(2)5-7-16(21,8-6-15)10-19-14(20)12-4-3-11(17)9-13(12)18/h3-4,9,21H,5-8,10H2,1-2H3,(H,19,20). The van der Waals surface area contributed by atoms with Crippen molar-refractivity contribution in [3.8, 4) is 0 Å². The van der Waals surface area contributed by atoms with Crippen molar-refractivity contribution in [2.45, 2.75) is 45.1 Å². The number of benzene rings is 1. The highest BCUT2D eigenvalue weighted by atomic mass is 79.9. The normalized spacial score (nSPS) is 20.0. The molecular formula is C16H21BrFNO2. The quantitative estimate of drug-likeness (QED) is 0.867. The molecule has 2 N–H and O–H groups in total. The molecule has 21 heavy (non-hydrogen) atoms. The lowest BCUT2D eigenvalue weighted by Crippen LogP contribution is -2.46. The number of halogens is 2. The van der Waals surface area contributed by atoms with Gasteiger partial charge in [-0.1, -0.05) is 29.8 Å². The van der Waals surface area contributed by atoms with Crippen molar-refractivity contribution in [2.24, 2.45) is 5.41 Å². The molecule has 0 bridgehead atoms. The van der Waals surface area contributed by atoms with Gasteiger partial charge in [0.25, 0.3) is 5.91 Å². The van der Waals surface area contributed by atoms with E-state index in [4.69, 9.17) is 0 Å². The number of rotatable bonds is 3. The van der Waals surface area contributed by atoms with Crippen molar-refractivity contribution in [2.75, 3.05) is 6.54 Å². The van der Waals surface area contributed by atoms with Gasteiger partial charge in [0.15, 0.2) is 0 Å². The highest BCUT2D eigenvalue weighted by Crippen LogP contribution is 2.39. The number of hydrogen-bond acceptors (Lipinski definition) is 2. The van der Waals surface area contributed by atoms with Crippen LogP contribution < -0.4 is 5.32 Å². The van der Waals surface area contributed by atoms with Crippen molar-refractivity contribution < 1.29 is 14.3 Å². The lowest BCUT2D eigenvalue weighted by molar-refractivity contribution is -0.0233. The Balaban J connectivity index is 1.95. The van der Waals surface area contributed by atoms with Gasteiger partial charge in [-0.25, -0.2) is 4.39 Å². The Hall–Kier alpha value is -0.940. The molecule has 0 heterocycles. The first-order valence-corrected chi connectivity index (χ1v) is 7.96. The summed E-state index contributed by atoms with van der Waals surface area (Å²) in [6.07, 6.45) is 3.16. The molecule has 2 rings (SSSR count). The van der Waals surface area contributed by atoms with Gasteiger partial charge in [-0.2, -0.15) is 0 Å². The van der Waals surface area contributed by atoms with E-state index in [1.165, 1.54) is 12.1 Å². The molecule has 0 aromatic heterocycles. The third-order valence-corrected chi connectivity index (χ3v) is 4.78. The van der Waals surface area contributed by atoms with Crippen LogP contribution in [0.15, 0.2) is 22.7 Å². The van der Waals surface area contributed by atoms with E-state index in [0.717, 1.165) is 12.8 Å². The molecule has 1 aromatic carbocycles. The number of aliphatic hydroxyl groups is 1. The minimum atomic E-state index is -0.878. The van der Waals surface area contributed by atoms with E-state index in [9.17, 15) is 14.3 Å². The Morgan fingerprint density at radius 1 is 1.33 bits per heavy atom. The summed E-state index contributed by atoms with van der Waals surface area (Å²) in [7, 11) is 0. The van der Waals surface area contributed by atoms with Gasteiger partial charge in [0.1, 0.15) is 5.82 Å². The summed E-state index contributed by atoms with van der Waals surface area (Å²) in [6, 6.07) is 4.31. The second kappa shape index (κ2) is 6.05. The van der Waals surface area contributed by atoms with Gasteiger partial charge in [0, 0.05) is 11.0 Å². The number of nitrogens with one attached hydrogen (secondary N) is 1. The zero-order chi connectivity index (χ0) is 15.7. The van der Waals surface area contributed by atoms with E-state index in [1.54, 1.807) is 6.07 Å². The predicted molar refractivity (Wildman–Crippen MR) is 83.6 cm³/mol. The van der Waals surface area contributed by atoms with Gasteiger partial charge < -0.3 is 10.4 Å². The van der Waals surface area contributed by atoms with Crippen LogP contribution in [0.25, 0.3) is 0 Å². The molecule has 1 fully saturated rings. The molecule has 1 aromatic rings. The predicted octanol–water partition coefficient (Wildman–Crippen LogP) is 3.65. The fraction of sp³-hybridized carbons (Fsp3) is 0.562. The maximum absolute atomic E-state index is 13.7. The zero-order valence-corrected chi connectivity index (χ0v) is 14.0. The Morgan fingerprint density at radius 3 is 2.52 bits per heavy atom. The van der Waals surface area contributed by atoms with Gasteiger partial charge in [0.05, 0.1) is 11.2 Å². The lowest BCUT2D eigenvalue weighted by Gasteiger charge is -2.40. The molecule has 0 aliphatic heterocycles. The fourth-order valence-electron chi connectivity index (χ4n) is 2.58. The lowest BCUT2D eigenvalue weighted by atomic mass is 9.71. The molecule has 116 valence electrons. The van der Waals surface area contributed by atoms with Crippen LogP contribution in [-0.4, -0.2) is 23.2 Å². The summed E-state index contributed by atoms with van der Waals surface area (Å²) < 4.78 is 14.3. The molecular weight excluding hydrogens is 337 g/mol. The summed E-state index contributed by atoms with van der Waals surface area (Å²) in [4.78, 5) is 12.0. The van der Waals surface area contributed by atoms with E-state index in [-0.39, 0.29) is 17.5 Å². The van der Waals surface area contributed by atoms with Crippen LogP contribution in [0.4, 0.5) is 4.39 Å². The van der Waals surface area contributed by atoms with E-state index < -0.39 is 17.3 Å². The first-order chi connectivity index (χ1) is 9.71. The fourth-order valence-corrected chi connectivity index (χ4v) is 2.92. The average molecular weight is 358 g/mol. The number of hydrogen-bond donors (Lipinski definition) is 2. The topological polar surface area (TPSA) is 49.3 Å². The summed E-state index contributed by atoms with van der Waals surface area (Å²) in [5.74, 6) is -1.06. The summed E-state index contributed by atoms with van der Waals surface area (Å²) in [5.41, 5.74) is -0.636. The van der Waals surface area contributed by atoms with Crippen molar-refractivity contribution in [3.63, 3.8) is 0 Å². The largest absolute Gasteiger partial charge is 0.388 e. The van der Waals surface area contributed by atoms with Crippen LogP contribution in [0.3, 0.4) is 0 Å². The molecule has 1 saturated carbocycles.